The Morgan fingerprint density at radius 1 is 1.23 bits per heavy atom. The molecule has 0 N–H and O–H groups in total. The number of hydrogen-bond donors (Lipinski definition) is 0. The van der Waals surface area contributed by atoms with Crippen molar-refractivity contribution in [1.29, 1.82) is 0 Å². The van der Waals surface area contributed by atoms with E-state index >= 15 is 0 Å². The summed E-state index contributed by atoms with van der Waals surface area (Å²) in [5, 5.41) is 16.4. The van der Waals surface area contributed by atoms with Crippen LogP contribution in [0.3, 0.4) is 0 Å². The summed E-state index contributed by atoms with van der Waals surface area (Å²) >= 11 is 6.62. The van der Waals surface area contributed by atoms with E-state index in [2.05, 4.69) is 41.9 Å². The molecular weight excluding hydrogens is 588 g/mol. The second kappa shape index (κ2) is 12.0. The standard InChI is InChI=1S/C23H22Br2N4O6/c1-3-5-6-20-27-18-8-7-15(24)10-17(18)23(31)28(20)26-12-14-9-16(25)11-19(29(32)33)22(14)35-13-21(30)34-4-2/h7-12H,3-6,13H2,1-2H3. The summed E-state index contributed by atoms with van der Waals surface area (Å²) in [6, 6.07) is 8.02. The molecule has 3 rings (SSSR count). The number of nitro benzene ring substituents is 1. The first-order chi connectivity index (χ1) is 16.7. The van der Waals surface area contributed by atoms with E-state index in [4.69, 9.17) is 9.47 Å². The second-order valence-electron chi connectivity index (χ2n) is 7.35. The molecule has 35 heavy (non-hydrogen) atoms. The molecule has 1 heterocycles. The van der Waals surface area contributed by atoms with E-state index in [0.29, 0.717) is 27.6 Å². The zero-order valence-electron chi connectivity index (χ0n) is 19.0. The molecule has 3 aromatic rings. The lowest BCUT2D eigenvalue weighted by Crippen LogP contribution is -2.22. The Kier molecular flexibility index (Phi) is 9.10. The lowest BCUT2D eigenvalue weighted by molar-refractivity contribution is -0.385. The lowest BCUT2D eigenvalue weighted by atomic mass is 10.2. The monoisotopic (exact) mass is 608 g/mol. The van der Waals surface area contributed by atoms with Gasteiger partial charge in [0.15, 0.2) is 6.61 Å². The van der Waals surface area contributed by atoms with Crippen molar-refractivity contribution in [2.45, 2.75) is 33.1 Å². The van der Waals surface area contributed by atoms with E-state index in [1.54, 1.807) is 31.2 Å². The number of carbonyl (C=O) groups excluding carboxylic acids is 1. The number of fused-ring (bicyclic) bond motifs is 1. The van der Waals surface area contributed by atoms with Crippen LogP contribution in [-0.4, -0.2) is 40.0 Å². The van der Waals surface area contributed by atoms with Gasteiger partial charge in [0.1, 0.15) is 5.82 Å². The van der Waals surface area contributed by atoms with Gasteiger partial charge in [0.25, 0.3) is 5.56 Å². The summed E-state index contributed by atoms with van der Waals surface area (Å²) in [6.45, 7) is 3.29. The molecule has 1 aromatic heterocycles. The quantitative estimate of drug-likeness (QED) is 0.137. The Balaban J connectivity index is 2.13. The van der Waals surface area contributed by atoms with Crippen molar-refractivity contribution >= 4 is 60.6 Å². The molecule has 10 nitrogen and oxygen atoms in total. The maximum Gasteiger partial charge on any atom is 0.344 e. The van der Waals surface area contributed by atoms with E-state index in [9.17, 15) is 19.7 Å². The van der Waals surface area contributed by atoms with Crippen LogP contribution in [0.25, 0.3) is 10.9 Å². The number of benzene rings is 2. The van der Waals surface area contributed by atoms with Crippen LogP contribution in [0, 0.1) is 10.1 Å². The highest BCUT2D eigenvalue weighted by Crippen LogP contribution is 2.34. The number of nitrogens with zero attached hydrogens (tertiary/aromatic N) is 4. The van der Waals surface area contributed by atoms with Gasteiger partial charge < -0.3 is 9.47 Å². The van der Waals surface area contributed by atoms with Gasteiger partial charge in [-0.1, -0.05) is 45.2 Å². The van der Waals surface area contributed by atoms with Crippen molar-refractivity contribution in [2.24, 2.45) is 5.10 Å². The number of nitro groups is 1. The van der Waals surface area contributed by atoms with E-state index < -0.39 is 17.5 Å². The van der Waals surface area contributed by atoms with Crippen molar-refractivity contribution < 1.29 is 19.2 Å². The van der Waals surface area contributed by atoms with Crippen molar-refractivity contribution in [3.63, 3.8) is 0 Å². The smallest absolute Gasteiger partial charge is 0.344 e. The molecule has 0 aliphatic heterocycles. The van der Waals surface area contributed by atoms with E-state index in [0.717, 1.165) is 17.3 Å². The van der Waals surface area contributed by atoms with Gasteiger partial charge in [-0.2, -0.15) is 9.78 Å². The van der Waals surface area contributed by atoms with Crippen molar-refractivity contribution in [3.8, 4) is 5.75 Å². The third-order valence-electron chi connectivity index (χ3n) is 4.84. The van der Waals surface area contributed by atoms with Crippen LogP contribution in [-0.2, 0) is 16.0 Å². The number of hydrogen-bond acceptors (Lipinski definition) is 8. The minimum absolute atomic E-state index is 0.146. The molecule has 0 bridgehead atoms. The Morgan fingerprint density at radius 2 is 2.00 bits per heavy atom. The first-order valence-electron chi connectivity index (χ1n) is 10.8. The molecule has 0 aliphatic carbocycles. The molecule has 2 aromatic carbocycles. The summed E-state index contributed by atoms with van der Waals surface area (Å²) in [4.78, 5) is 40.7. The average Bonchev–Trinajstić information content (AvgIpc) is 2.81. The fourth-order valence-corrected chi connectivity index (χ4v) is 4.08. The van der Waals surface area contributed by atoms with Gasteiger partial charge in [-0.15, -0.1) is 0 Å². The Hall–Kier alpha value is -3.12. The van der Waals surface area contributed by atoms with E-state index in [1.165, 1.54) is 17.0 Å². The number of halogens is 2. The number of aromatic nitrogens is 2. The van der Waals surface area contributed by atoms with Gasteiger partial charge in [0, 0.05) is 27.0 Å². The van der Waals surface area contributed by atoms with Gasteiger partial charge in [0.2, 0.25) is 5.75 Å². The van der Waals surface area contributed by atoms with Crippen LogP contribution in [0.4, 0.5) is 5.69 Å². The van der Waals surface area contributed by atoms with Gasteiger partial charge in [0.05, 0.1) is 28.6 Å². The Morgan fingerprint density at radius 3 is 2.69 bits per heavy atom. The molecule has 12 heteroatoms. The topological polar surface area (TPSA) is 126 Å². The van der Waals surface area contributed by atoms with Gasteiger partial charge in [-0.25, -0.2) is 9.78 Å². The highest BCUT2D eigenvalue weighted by Gasteiger charge is 2.22. The number of ether oxygens (including phenoxy) is 2. The average molecular weight is 610 g/mol. The summed E-state index contributed by atoms with van der Waals surface area (Å²) in [5.41, 5.74) is -0.00764. The van der Waals surface area contributed by atoms with E-state index in [-0.39, 0.29) is 29.2 Å². The molecule has 0 saturated carbocycles. The summed E-state index contributed by atoms with van der Waals surface area (Å²) in [7, 11) is 0. The minimum atomic E-state index is -0.671. The third kappa shape index (κ3) is 6.51. The molecular formula is C23H22Br2N4O6. The molecule has 0 amide bonds. The highest BCUT2D eigenvalue weighted by atomic mass is 79.9. The number of aryl methyl sites for hydroxylation is 1. The fraction of sp³-hybridized carbons (Fsp3) is 0.304. The SMILES string of the molecule is CCCCc1nc2ccc(Br)cc2c(=O)n1N=Cc1cc(Br)cc([N+](=O)[O-])c1OCC(=O)OCC. The van der Waals surface area contributed by atoms with Gasteiger partial charge in [-0.3, -0.25) is 14.9 Å². The predicted molar refractivity (Wildman–Crippen MR) is 138 cm³/mol. The normalized spacial score (nSPS) is 11.2. The second-order valence-corrected chi connectivity index (χ2v) is 9.18. The van der Waals surface area contributed by atoms with Crippen molar-refractivity contribution in [2.75, 3.05) is 13.2 Å². The lowest BCUT2D eigenvalue weighted by Gasteiger charge is -2.11. The summed E-state index contributed by atoms with van der Waals surface area (Å²) < 4.78 is 12.6. The number of rotatable bonds is 10. The maximum absolute atomic E-state index is 13.3. The van der Waals surface area contributed by atoms with Crippen LogP contribution in [0.5, 0.6) is 5.75 Å². The molecule has 184 valence electrons. The van der Waals surface area contributed by atoms with Crippen LogP contribution in [0.1, 0.15) is 38.1 Å². The molecule has 0 spiro atoms. The molecule has 0 atom stereocenters. The number of carbonyl (C=O) groups is 1. The number of unbranched alkanes of at least 4 members (excludes halogenated alkanes) is 1. The molecule has 0 fully saturated rings. The van der Waals surface area contributed by atoms with Crippen LogP contribution in [0.15, 0.2) is 49.2 Å². The molecule has 0 aliphatic rings. The first-order valence-corrected chi connectivity index (χ1v) is 12.4. The Labute approximate surface area is 217 Å². The molecule has 0 saturated heterocycles. The summed E-state index contributed by atoms with van der Waals surface area (Å²) in [6.07, 6.45) is 3.47. The number of esters is 1. The largest absolute Gasteiger partial charge is 0.474 e. The van der Waals surface area contributed by atoms with Crippen LogP contribution in [0.2, 0.25) is 0 Å². The highest BCUT2D eigenvalue weighted by molar-refractivity contribution is 9.10. The zero-order valence-corrected chi connectivity index (χ0v) is 22.2. The maximum atomic E-state index is 13.3. The van der Waals surface area contributed by atoms with Crippen molar-refractivity contribution in [1.82, 2.24) is 9.66 Å². The molecule has 0 unspecified atom stereocenters. The Bertz CT molecular complexity index is 1360. The van der Waals surface area contributed by atoms with Gasteiger partial charge in [-0.05, 0) is 37.6 Å². The van der Waals surface area contributed by atoms with Crippen LogP contribution < -0.4 is 10.3 Å². The van der Waals surface area contributed by atoms with E-state index in [1.807, 2.05) is 6.92 Å². The van der Waals surface area contributed by atoms with Crippen LogP contribution >= 0.6 is 31.9 Å². The van der Waals surface area contributed by atoms with Crippen molar-refractivity contribution in [3.05, 3.63) is 71.1 Å². The minimum Gasteiger partial charge on any atom is -0.474 e. The summed E-state index contributed by atoms with van der Waals surface area (Å²) in [5.74, 6) is -0.383. The zero-order chi connectivity index (χ0) is 25.5. The fourth-order valence-electron chi connectivity index (χ4n) is 3.25. The third-order valence-corrected chi connectivity index (χ3v) is 5.79. The molecule has 0 radical (unpaired) electrons. The first kappa shape index (κ1) is 26.5. The predicted octanol–water partition coefficient (Wildman–Crippen LogP) is 5.00. The van der Waals surface area contributed by atoms with Gasteiger partial charge >= 0.3 is 11.7 Å².